The number of anilines is 1. The normalized spacial score (nSPS) is 13.3. The van der Waals surface area contributed by atoms with Crippen LogP contribution in [0.2, 0.25) is 0 Å². The molecule has 2 rings (SSSR count). The minimum atomic E-state index is -4.04. The maximum absolute atomic E-state index is 13.0. The predicted molar refractivity (Wildman–Crippen MR) is 112 cm³/mol. The average Bonchev–Trinajstić information content (AvgIpc) is 2.60. The van der Waals surface area contributed by atoms with Crippen molar-refractivity contribution in [2.75, 3.05) is 18.4 Å². The van der Waals surface area contributed by atoms with Crippen LogP contribution >= 0.6 is 10.7 Å². The molecule has 0 fully saturated rings. The van der Waals surface area contributed by atoms with Crippen LogP contribution in [0.4, 0.5) is 5.69 Å². The number of nitrogens with zero attached hydrogens (tertiary/aromatic N) is 1. The van der Waals surface area contributed by atoms with Crippen LogP contribution in [0.25, 0.3) is 10.8 Å². The third-order valence-electron chi connectivity index (χ3n) is 4.63. The lowest BCUT2D eigenvalue weighted by Crippen LogP contribution is -2.44. The van der Waals surface area contributed by atoms with E-state index in [0.717, 1.165) is 18.5 Å². The van der Waals surface area contributed by atoms with Crippen LogP contribution in [-0.4, -0.2) is 38.4 Å². The van der Waals surface area contributed by atoms with Crippen LogP contribution in [0.1, 0.15) is 34.1 Å². The molecular weight excluding hydrogens is 384 g/mol. The lowest BCUT2D eigenvalue weighted by molar-refractivity contribution is -0.121. The van der Waals surface area contributed by atoms with Crippen molar-refractivity contribution in [1.29, 1.82) is 0 Å². The van der Waals surface area contributed by atoms with Gasteiger partial charge in [-0.1, -0.05) is 58.0 Å². The topological polar surface area (TPSA) is 66.5 Å². The summed E-state index contributed by atoms with van der Waals surface area (Å²) in [4.78, 5) is 15.0. The minimum Gasteiger partial charge on any atom is -0.323 e. The molecule has 7 heteroatoms. The highest BCUT2D eigenvalue weighted by atomic mass is 35.7. The second kappa shape index (κ2) is 9.04. The van der Waals surface area contributed by atoms with Gasteiger partial charge in [0.05, 0.1) is 11.7 Å². The number of carbonyl (C=O) groups is 1. The van der Waals surface area contributed by atoms with Crippen LogP contribution in [-0.2, 0) is 13.8 Å². The fraction of sp³-hybridized carbons (Fsp3) is 0.450. The number of hydrogen-bond donors (Lipinski definition) is 1. The Labute approximate surface area is 166 Å². The molecule has 0 saturated heterocycles. The van der Waals surface area contributed by atoms with Gasteiger partial charge in [0.15, 0.2) is 0 Å². The predicted octanol–water partition coefficient (Wildman–Crippen LogP) is 4.46. The van der Waals surface area contributed by atoms with E-state index in [2.05, 4.69) is 24.1 Å². The van der Waals surface area contributed by atoms with Crippen molar-refractivity contribution in [3.05, 3.63) is 36.4 Å². The maximum Gasteiger partial charge on any atom is 0.263 e. The third-order valence-corrected chi connectivity index (χ3v) is 6.02. The highest BCUT2D eigenvalue weighted by Gasteiger charge is 2.27. The van der Waals surface area contributed by atoms with Crippen molar-refractivity contribution in [2.45, 2.75) is 45.1 Å². The van der Waals surface area contributed by atoms with Gasteiger partial charge in [-0.15, -0.1) is 0 Å². The molecule has 0 saturated carbocycles. The molecule has 5 nitrogen and oxygen atoms in total. The fourth-order valence-electron chi connectivity index (χ4n) is 3.35. The Balaban J connectivity index is 2.48. The van der Waals surface area contributed by atoms with Crippen molar-refractivity contribution in [2.24, 2.45) is 5.92 Å². The molecule has 0 aliphatic carbocycles. The van der Waals surface area contributed by atoms with Crippen LogP contribution in [0.3, 0.4) is 0 Å². The molecule has 1 N–H and O–H groups in total. The first-order valence-electron chi connectivity index (χ1n) is 9.20. The summed E-state index contributed by atoms with van der Waals surface area (Å²) in [7, 11) is 1.68. The number of fused-ring (bicyclic) bond motifs is 1. The molecule has 0 aliphatic heterocycles. The van der Waals surface area contributed by atoms with E-state index < -0.39 is 9.05 Å². The fourth-order valence-corrected chi connectivity index (χ4v) is 4.68. The summed E-state index contributed by atoms with van der Waals surface area (Å²) >= 11 is 0. The Morgan fingerprint density at radius 3 is 2.30 bits per heavy atom. The second-order valence-corrected chi connectivity index (χ2v) is 9.46. The van der Waals surface area contributed by atoms with Gasteiger partial charge in [0.1, 0.15) is 4.90 Å². The highest BCUT2D eigenvalue weighted by Crippen LogP contribution is 2.33. The maximum atomic E-state index is 13.0. The van der Waals surface area contributed by atoms with Gasteiger partial charge in [-0.25, -0.2) is 8.42 Å². The number of halogens is 1. The molecule has 2 aromatic carbocycles. The molecule has 1 atom stereocenters. The Morgan fingerprint density at radius 1 is 1.11 bits per heavy atom. The van der Waals surface area contributed by atoms with Gasteiger partial charge in [-0.05, 0) is 36.9 Å². The largest absolute Gasteiger partial charge is 0.323 e. The van der Waals surface area contributed by atoms with Crippen molar-refractivity contribution in [1.82, 2.24) is 4.90 Å². The van der Waals surface area contributed by atoms with Crippen LogP contribution in [0.5, 0.6) is 0 Å². The molecule has 27 heavy (non-hydrogen) atoms. The average molecular weight is 411 g/mol. The molecule has 0 heterocycles. The summed E-state index contributed by atoms with van der Waals surface area (Å²) in [6.45, 7) is 9.62. The zero-order chi connectivity index (χ0) is 20.2. The summed E-state index contributed by atoms with van der Waals surface area (Å²) in [5.74, 6) is 0.110. The summed E-state index contributed by atoms with van der Waals surface area (Å²) in [5.41, 5.74) is 0.217. The van der Waals surface area contributed by atoms with Gasteiger partial charge < -0.3 is 5.32 Å². The monoisotopic (exact) mass is 410 g/mol. The SMILES string of the molecule is CCN(CC)[C@@H](CC(C)C)C(=O)Nc1ccc2ccccc2c1S(=O)(=O)Cl. The number of hydrogen-bond acceptors (Lipinski definition) is 4. The molecule has 0 aliphatic rings. The number of nitrogens with one attached hydrogen (secondary N) is 1. The van der Waals surface area contributed by atoms with Crippen molar-refractivity contribution < 1.29 is 13.2 Å². The van der Waals surface area contributed by atoms with Gasteiger partial charge in [0.25, 0.3) is 9.05 Å². The standard InChI is InChI=1S/C20H27ClN2O3S/c1-5-23(6-2)18(13-14(3)4)20(24)22-17-12-11-15-9-7-8-10-16(15)19(17)27(21,25)26/h7-12,14,18H,5-6,13H2,1-4H3,(H,22,24)/t18-/m0/s1. The van der Waals surface area contributed by atoms with Gasteiger partial charge in [-0.3, -0.25) is 9.69 Å². The Hall–Kier alpha value is -1.63. The van der Waals surface area contributed by atoms with E-state index >= 15 is 0 Å². The number of amides is 1. The first-order chi connectivity index (χ1) is 12.7. The molecule has 0 bridgehead atoms. The zero-order valence-electron chi connectivity index (χ0n) is 16.2. The van der Waals surface area contributed by atoms with Gasteiger partial charge in [-0.2, -0.15) is 0 Å². The van der Waals surface area contributed by atoms with Crippen molar-refractivity contribution in [3.8, 4) is 0 Å². The Bertz CT molecular complexity index is 909. The number of rotatable bonds is 8. The van der Waals surface area contributed by atoms with Crippen molar-refractivity contribution in [3.63, 3.8) is 0 Å². The lowest BCUT2D eigenvalue weighted by Gasteiger charge is -2.30. The summed E-state index contributed by atoms with van der Waals surface area (Å²) < 4.78 is 24.5. The first-order valence-corrected chi connectivity index (χ1v) is 11.5. The zero-order valence-corrected chi connectivity index (χ0v) is 17.8. The molecule has 1 amide bonds. The number of benzene rings is 2. The van der Waals surface area contributed by atoms with Crippen LogP contribution in [0.15, 0.2) is 41.3 Å². The summed E-state index contributed by atoms with van der Waals surface area (Å²) in [6.07, 6.45) is 0.685. The molecule has 0 radical (unpaired) electrons. The smallest absolute Gasteiger partial charge is 0.263 e. The number of carbonyl (C=O) groups excluding carboxylic acids is 1. The van der Waals surface area contributed by atoms with Crippen molar-refractivity contribution >= 4 is 42.1 Å². The van der Waals surface area contributed by atoms with E-state index in [-0.39, 0.29) is 22.5 Å². The van der Waals surface area contributed by atoms with E-state index in [4.69, 9.17) is 10.7 Å². The Morgan fingerprint density at radius 2 is 1.74 bits per heavy atom. The van der Waals surface area contributed by atoms with E-state index in [9.17, 15) is 13.2 Å². The first kappa shape index (κ1) is 21.7. The second-order valence-electron chi connectivity index (χ2n) is 6.96. The quantitative estimate of drug-likeness (QED) is 0.652. The van der Waals surface area contributed by atoms with E-state index in [0.29, 0.717) is 17.7 Å². The van der Waals surface area contributed by atoms with Gasteiger partial charge in [0.2, 0.25) is 5.91 Å². The highest BCUT2D eigenvalue weighted by molar-refractivity contribution is 8.14. The van der Waals surface area contributed by atoms with E-state index in [1.54, 1.807) is 24.3 Å². The molecule has 0 aromatic heterocycles. The molecule has 0 spiro atoms. The molecule has 148 valence electrons. The summed E-state index contributed by atoms with van der Waals surface area (Å²) in [6, 6.07) is 10.1. The summed E-state index contributed by atoms with van der Waals surface area (Å²) in [5, 5.41) is 4.06. The van der Waals surface area contributed by atoms with E-state index in [1.807, 2.05) is 26.0 Å². The van der Waals surface area contributed by atoms with Crippen LogP contribution < -0.4 is 5.32 Å². The minimum absolute atomic E-state index is 0.0570. The lowest BCUT2D eigenvalue weighted by atomic mass is 10.0. The van der Waals surface area contributed by atoms with Gasteiger partial charge in [0, 0.05) is 16.1 Å². The third kappa shape index (κ3) is 5.21. The van der Waals surface area contributed by atoms with E-state index in [1.165, 1.54) is 0 Å². The molecule has 0 unspecified atom stereocenters. The number of likely N-dealkylation sites (N-methyl/N-ethyl adjacent to an activating group) is 1. The Kier molecular flexibility index (Phi) is 7.25. The van der Waals surface area contributed by atoms with Gasteiger partial charge >= 0.3 is 0 Å². The molecular formula is C20H27ClN2O3S. The van der Waals surface area contributed by atoms with Crippen LogP contribution in [0, 0.1) is 5.92 Å². The molecule has 2 aromatic rings.